The Morgan fingerprint density at radius 3 is 2.90 bits per heavy atom. The number of aryl methyl sites for hydroxylation is 1. The zero-order valence-electron chi connectivity index (χ0n) is 12.6. The van der Waals surface area contributed by atoms with Crippen molar-refractivity contribution in [2.45, 2.75) is 39.5 Å². The summed E-state index contributed by atoms with van der Waals surface area (Å²) in [4.78, 5) is 15.9. The molecule has 21 heavy (non-hydrogen) atoms. The molecule has 1 heterocycles. The van der Waals surface area contributed by atoms with Crippen LogP contribution in [0.2, 0.25) is 0 Å². The van der Waals surface area contributed by atoms with Crippen LogP contribution in [0.5, 0.6) is 0 Å². The second kappa shape index (κ2) is 7.57. The lowest BCUT2D eigenvalue weighted by molar-refractivity contribution is -0.121. The molecule has 1 aromatic heterocycles. The Labute approximate surface area is 124 Å². The molecule has 1 amide bonds. The fraction of sp³-hybridized carbons (Fsp3) is 0.438. The van der Waals surface area contributed by atoms with E-state index in [2.05, 4.69) is 22.4 Å². The summed E-state index contributed by atoms with van der Waals surface area (Å²) in [5.74, 6) is 1.22. The standard InChI is InChI=1S/C16H21N3O2/c1-3-4-9-14(20)17-11-10-15-18-16(19-21-15)13-8-6-5-7-12(13)2/h5-8H,3-4,9-11H2,1-2H3,(H,17,20). The summed E-state index contributed by atoms with van der Waals surface area (Å²) in [5.41, 5.74) is 2.08. The molecule has 0 aliphatic carbocycles. The molecule has 0 fully saturated rings. The SMILES string of the molecule is CCCCC(=O)NCCc1nc(-c2ccccc2C)no1. The van der Waals surface area contributed by atoms with Gasteiger partial charge in [0, 0.05) is 24.9 Å². The van der Waals surface area contributed by atoms with Crippen molar-refractivity contribution in [3.63, 3.8) is 0 Å². The minimum atomic E-state index is 0.0792. The van der Waals surface area contributed by atoms with Crippen molar-refractivity contribution >= 4 is 5.91 Å². The number of benzene rings is 1. The Balaban J connectivity index is 1.87. The number of nitrogens with one attached hydrogen (secondary N) is 1. The fourth-order valence-corrected chi connectivity index (χ4v) is 2.02. The second-order valence-corrected chi connectivity index (χ2v) is 5.03. The van der Waals surface area contributed by atoms with Crippen molar-refractivity contribution in [2.24, 2.45) is 0 Å². The van der Waals surface area contributed by atoms with Gasteiger partial charge in [0.15, 0.2) is 0 Å². The highest BCUT2D eigenvalue weighted by Crippen LogP contribution is 2.19. The molecule has 112 valence electrons. The highest BCUT2D eigenvalue weighted by atomic mass is 16.5. The lowest BCUT2D eigenvalue weighted by atomic mass is 10.1. The number of carbonyl (C=O) groups is 1. The van der Waals surface area contributed by atoms with Crippen LogP contribution in [0.25, 0.3) is 11.4 Å². The molecule has 1 N–H and O–H groups in total. The zero-order valence-corrected chi connectivity index (χ0v) is 12.6. The zero-order chi connectivity index (χ0) is 15.1. The third-order valence-corrected chi connectivity index (χ3v) is 3.27. The molecule has 5 nitrogen and oxygen atoms in total. The molecular weight excluding hydrogens is 266 g/mol. The van der Waals surface area contributed by atoms with Gasteiger partial charge in [-0.05, 0) is 18.9 Å². The molecule has 1 aromatic carbocycles. The van der Waals surface area contributed by atoms with Crippen LogP contribution in [0.3, 0.4) is 0 Å². The summed E-state index contributed by atoms with van der Waals surface area (Å²) < 4.78 is 5.22. The van der Waals surface area contributed by atoms with Gasteiger partial charge in [-0.1, -0.05) is 42.8 Å². The Morgan fingerprint density at radius 2 is 2.14 bits per heavy atom. The molecular formula is C16H21N3O2. The maximum atomic E-state index is 11.5. The third-order valence-electron chi connectivity index (χ3n) is 3.27. The molecule has 2 aromatic rings. The predicted molar refractivity (Wildman–Crippen MR) is 80.7 cm³/mol. The minimum absolute atomic E-state index is 0.0792. The normalized spacial score (nSPS) is 10.6. The topological polar surface area (TPSA) is 68.0 Å². The van der Waals surface area contributed by atoms with E-state index in [0.717, 1.165) is 24.0 Å². The lowest BCUT2D eigenvalue weighted by Gasteiger charge is -2.01. The molecule has 0 saturated carbocycles. The molecule has 5 heteroatoms. The summed E-state index contributed by atoms with van der Waals surface area (Å²) in [7, 11) is 0. The van der Waals surface area contributed by atoms with Crippen LogP contribution < -0.4 is 5.32 Å². The number of hydrogen-bond donors (Lipinski definition) is 1. The highest BCUT2D eigenvalue weighted by molar-refractivity contribution is 5.75. The minimum Gasteiger partial charge on any atom is -0.356 e. The number of carbonyl (C=O) groups excluding carboxylic acids is 1. The molecule has 0 spiro atoms. The first-order chi connectivity index (χ1) is 10.2. The first-order valence-corrected chi connectivity index (χ1v) is 7.36. The molecule has 0 aliphatic rings. The van der Waals surface area contributed by atoms with E-state index >= 15 is 0 Å². The summed E-state index contributed by atoms with van der Waals surface area (Å²) in [6, 6.07) is 7.91. The fourth-order valence-electron chi connectivity index (χ4n) is 2.02. The Hall–Kier alpha value is -2.17. The lowest BCUT2D eigenvalue weighted by Crippen LogP contribution is -2.25. The molecule has 0 atom stereocenters. The Kier molecular flexibility index (Phi) is 5.49. The van der Waals surface area contributed by atoms with Gasteiger partial charge in [0.05, 0.1) is 0 Å². The molecule has 0 radical (unpaired) electrons. The van der Waals surface area contributed by atoms with Gasteiger partial charge in [0.25, 0.3) is 0 Å². The molecule has 0 saturated heterocycles. The average Bonchev–Trinajstić information content (AvgIpc) is 2.94. The first-order valence-electron chi connectivity index (χ1n) is 7.36. The number of rotatable bonds is 7. The van der Waals surface area contributed by atoms with E-state index in [1.807, 2.05) is 31.2 Å². The van der Waals surface area contributed by atoms with Crippen molar-refractivity contribution < 1.29 is 9.32 Å². The van der Waals surface area contributed by atoms with Crippen LogP contribution in [-0.4, -0.2) is 22.6 Å². The first kappa shape index (κ1) is 15.2. The van der Waals surface area contributed by atoms with E-state index in [9.17, 15) is 4.79 Å². The van der Waals surface area contributed by atoms with E-state index in [0.29, 0.717) is 31.1 Å². The van der Waals surface area contributed by atoms with E-state index in [4.69, 9.17) is 4.52 Å². The van der Waals surface area contributed by atoms with Gasteiger partial charge in [-0.15, -0.1) is 0 Å². The van der Waals surface area contributed by atoms with Gasteiger partial charge >= 0.3 is 0 Å². The van der Waals surface area contributed by atoms with Gasteiger partial charge in [-0.25, -0.2) is 0 Å². The Bertz CT molecular complexity index is 593. The number of amides is 1. The van der Waals surface area contributed by atoms with Crippen molar-refractivity contribution in [3.05, 3.63) is 35.7 Å². The van der Waals surface area contributed by atoms with Crippen LogP contribution in [-0.2, 0) is 11.2 Å². The maximum absolute atomic E-state index is 11.5. The quantitative estimate of drug-likeness (QED) is 0.850. The van der Waals surface area contributed by atoms with Gasteiger partial charge in [-0.3, -0.25) is 4.79 Å². The van der Waals surface area contributed by atoms with Gasteiger partial charge < -0.3 is 9.84 Å². The number of nitrogens with zero attached hydrogens (tertiary/aromatic N) is 2. The summed E-state index contributed by atoms with van der Waals surface area (Å²) >= 11 is 0. The highest BCUT2D eigenvalue weighted by Gasteiger charge is 2.10. The number of aromatic nitrogens is 2. The third kappa shape index (κ3) is 4.41. The number of unbranched alkanes of at least 4 members (excludes halogenated alkanes) is 1. The second-order valence-electron chi connectivity index (χ2n) is 5.03. The van der Waals surface area contributed by atoms with E-state index in [-0.39, 0.29) is 5.91 Å². The van der Waals surface area contributed by atoms with Crippen molar-refractivity contribution in [3.8, 4) is 11.4 Å². The average molecular weight is 287 g/mol. The maximum Gasteiger partial charge on any atom is 0.228 e. The molecule has 0 unspecified atom stereocenters. The van der Waals surface area contributed by atoms with Crippen LogP contribution in [0.15, 0.2) is 28.8 Å². The van der Waals surface area contributed by atoms with Crippen molar-refractivity contribution in [2.75, 3.05) is 6.54 Å². The van der Waals surface area contributed by atoms with Crippen molar-refractivity contribution in [1.82, 2.24) is 15.5 Å². The summed E-state index contributed by atoms with van der Waals surface area (Å²) in [5, 5.41) is 6.86. The molecule has 0 aliphatic heterocycles. The van der Waals surface area contributed by atoms with Gasteiger partial charge in [0.2, 0.25) is 17.6 Å². The van der Waals surface area contributed by atoms with E-state index < -0.39 is 0 Å². The van der Waals surface area contributed by atoms with Crippen LogP contribution in [0, 0.1) is 6.92 Å². The van der Waals surface area contributed by atoms with E-state index in [1.54, 1.807) is 0 Å². The Morgan fingerprint density at radius 1 is 1.33 bits per heavy atom. The van der Waals surface area contributed by atoms with Crippen LogP contribution >= 0.6 is 0 Å². The van der Waals surface area contributed by atoms with Gasteiger partial charge in [-0.2, -0.15) is 4.98 Å². The summed E-state index contributed by atoms with van der Waals surface area (Å²) in [6.07, 6.45) is 3.08. The molecule has 2 rings (SSSR count). The largest absolute Gasteiger partial charge is 0.356 e. The summed E-state index contributed by atoms with van der Waals surface area (Å²) in [6.45, 7) is 4.61. The molecule has 0 bridgehead atoms. The smallest absolute Gasteiger partial charge is 0.228 e. The van der Waals surface area contributed by atoms with Gasteiger partial charge in [0.1, 0.15) is 0 Å². The monoisotopic (exact) mass is 287 g/mol. The number of hydrogen-bond acceptors (Lipinski definition) is 4. The predicted octanol–water partition coefficient (Wildman–Crippen LogP) is 2.89. The van der Waals surface area contributed by atoms with Crippen LogP contribution in [0.1, 0.15) is 37.6 Å². The van der Waals surface area contributed by atoms with Crippen LogP contribution in [0.4, 0.5) is 0 Å². The van der Waals surface area contributed by atoms with Crippen molar-refractivity contribution in [1.29, 1.82) is 0 Å². The van der Waals surface area contributed by atoms with E-state index in [1.165, 1.54) is 0 Å².